The van der Waals surface area contributed by atoms with Crippen LogP contribution in [-0.2, 0) is 0 Å². The number of anilines is 1. The van der Waals surface area contributed by atoms with Crippen molar-refractivity contribution in [2.75, 3.05) is 25.5 Å². The fourth-order valence-corrected chi connectivity index (χ4v) is 2.05. The summed E-state index contributed by atoms with van der Waals surface area (Å²) in [6.07, 6.45) is 2.18. The quantitative estimate of drug-likeness (QED) is 0.747. The highest BCUT2D eigenvalue weighted by Crippen LogP contribution is 2.31. The van der Waals surface area contributed by atoms with Crippen molar-refractivity contribution < 1.29 is 4.74 Å². The maximum Gasteiger partial charge on any atom is 0.125 e. The summed E-state index contributed by atoms with van der Waals surface area (Å²) in [5, 5.41) is 3.47. The lowest BCUT2D eigenvalue weighted by molar-refractivity contribution is 0.408. The van der Waals surface area contributed by atoms with E-state index in [-0.39, 0.29) is 0 Å². The molecular formula is C14H24N2O. The zero-order chi connectivity index (χ0) is 12.8. The maximum absolute atomic E-state index is 5.48. The van der Waals surface area contributed by atoms with Gasteiger partial charge in [-0.1, -0.05) is 0 Å². The first-order valence-corrected chi connectivity index (χ1v) is 6.20. The largest absolute Gasteiger partial charge is 0.496 e. The molecule has 96 valence electrons. The van der Waals surface area contributed by atoms with Crippen LogP contribution in [-0.4, -0.2) is 20.2 Å². The Morgan fingerprint density at radius 3 is 2.47 bits per heavy atom. The number of nitrogens with one attached hydrogen (secondary N) is 1. The molecule has 0 heterocycles. The van der Waals surface area contributed by atoms with Crippen molar-refractivity contribution in [1.82, 2.24) is 0 Å². The molecule has 1 aromatic rings. The van der Waals surface area contributed by atoms with Crippen LogP contribution >= 0.6 is 0 Å². The number of hydrogen-bond donors (Lipinski definition) is 2. The molecule has 1 aromatic carbocycles. The minimum absolute atomic E-state index is 0.765. The van der Waals surface area contributed by atoms with E-state index in [1.54, 1.807) is 7.11 Å². The lowest BCUT2D eigenvalue weighted by Crippen LogP contribution is -2.07. The third kappa shape index (κ3) is 3.37. The van der Waals surface area contributed by atoms with Gasteiger partial charge in [0.15, 0.2) is 0 Å². The highest BCUT2D eigenvalue weighted by molar-refractivity contribution is 5.61. The first-order valence-electron chi connectivity index (χ1n) is 6.20. The van der Waals surface area contributed by atoms with Gasteiger partial charge in [-0.3, -0.25) is 0 Å². The molecule has 0 bridgehead atoms. The Morgan fingerprint density at radius 1 is 1.18 bits per heavy atom. The average Bonchev–Trinajstić information content (AvgIpc) is 2.31. The van der Waals surface area contributed by atoms with E-state index < -0.39 is 0 Å². The van der Waals surface area contributed by atoms with Gasteiger partial charge in [0.1, 0.15) is 5.75 Å². The van der Waals surface area contributed by atoms with Crippen LogP contribution in [0.15, 0.2) is 6.07 Å². The minimum Gasteiger partial charge on any atom is -0.496 e. The summed E-state index contributed by atoms with van der Waals surface area (Å²) in [5.74, 6) is 0.995. The van der Waals surface area contributed by atoms with Gasteiger partial charge < -0.3 is 15.8 Å². The molecule has 0 saturated carbocycles. The van der Waals surface area contributed by atoms with Crippen LogP contribution in [0.2, 0.25) is 0 Å². The molecule has 0 spiro atoms. The SMILES string of the molecule is COc1c(C)cc(NCCCCN)c(C)c1C. The number of methoxy groups -OCH3 is 1. The van der Waals surface area contributed by atoms with Crippen LogP contribution in [0.3, 0.4) is 0 Å². The topological polar surface area (TPSA) is 47.3 Å². The molecule has 0 amide bonds. The van der Waals surface area contributed by atoms with Crippen LogP contribution < -0.4 is 15.8 Å². The molecule has 0 aliphatic rings. The van der Waals surface area contributed by atoms with E-state index in [2.05, 4.69) is 32.2 Å². The molecule has 0 atom stereocenters. The fourth-order valence-electron chi connectivity index (χ4n) is 2.05. The van der Waals surface area contributed by atoms with Gasteiger partial charge in [-0.05, 0) is 62.9 Å². The summed E-state index contributed by atoms with van der Waals surface area (Å²) in [6, 6.07) is 2.16. The van der Waals surface area contributed by atoms with Gasteiger partial charge in [0.25, 0.3) is 0 Å². The monoisotopic (exact) mass is 236 g/mol. The van der Waals surface area contributed by atoms with Crippen molar-refractivity contribution in [3.8, 4) is 5.75 Å². The first-order chi connectivity index (χ1) is 8.11. The minimum atomic E-state index is 0.765. The Hall–Kier alpha value is -1.22. The number of nitrogens with two attached hydrogens (primary N) is 1. The zero-order valence-corrected chi connectivity index (χ0v) is 11.4. The van der Waals surface area contributed by atoms with Crippen LogP contribution in [0.5, 0.6) is 5.75 Å². The van der Waals surface area contributed by atoms with Crippen molar-refractivity contribution in [3.05, 3.63) is 22.8 Å². The van der Waals surface area contributed by atoms with Crippen molar-refractivity contribution in [1.29, 1.82) is 0 Å². The Balaban J connectivity index is 2.80. The number of benzene rings is 1. The van der Waals surface area contributed by atoms with Crippen LogP contribution in [0, 0.1) is 20.8 Å². The van der Waals surface area contributed by atoms with Crippen LogP contribution in [0.1, 0.15) is 29.5 Å². The van der Waals surface area contributed by atoms with E-state index in [0.29, 0.717) is 0 Å². The molecule has 0 fully saturated rings. The highest BCUT2D eigenvalue weighted by atomic mass is 16.5. The molecule has 0 saturated heterocycles. The van der Waals surface area contributed by atoms with E-state index in [1.807, 2.05) is 0 Å². The third-order valence-corrected chi connectivity index (χ3v) is 3.18. The van der Waals surface area contributed by atoms with Gasteiger partial charge in [0.05, 0.1) is 7.11 Å². The second-order valence-corrected chi connectivity index (χ2v) is 4.45. The van der Waals surface area contributed by atoms with Gasteiger partial charge in [0.2, 0.25) is 0 Å². The predicted molar refractivity (Wildman–Crippen MR) is 74.0 cm³/mol. The normalized spacial score (nSPS) is 10.4. The molecule has 0 radical (unpaired) electrons. The molecule has 3 heteroatoms. The summed E-state index contributed by atoms with van der Waals surface area (Å²) in [5.41, 5.74) is 10.3. The van der Waals surface area contributed by atoms with Gasteiger partial charge in [-0.25, -0.2) is 0 Å². The van der Waals surface area contributed by atoms with Gasteiger partial charge >= 0.3 is 0 Å². The molecule has 3 nitrogen and oxygen atoms in total. The predicted octanol–water partition coefficient (Wildman–Crippen LogP) is 2.77. The lowest BCUT2D eigenvalue weighted by atomic mass is 10.0. The van der Waals surface area contributed by atoms with E-state index in [9.17, 15) is 0 Å². The second-order valence-electron chi connectivity index (χ2n) is 4.45. The molecule has 0 aliphatic carbocycles. The number of unbranched alkanes of at least 4 members (excludes halogenated alkanes) is 1. The summed E-state index contributed by atoms with van der Waals surface area (Å²) in [7, 11) is 1.73. The molecule has 0 unspecified atom stereocenters. The molecule has 0 aliphatic heterocycles. The molecule has 3 N–H and O–H groups in total. The van der Waals surface area contributed by atoms with Gasteiger partial charge in [0, 0.05) is 12.2 Å². The first kappa shape index (κ1) is 13.8. The molecule has 17 heavy (non-hydrogen) atoms. The standard InChI is InChI=1S/C14H24N2O/c1-10-9-13(16-8-6-5-7-15)11(2)12(3)14(10)17-4/h9,16H,5-8,15H2,1-4H3. The molecular weight excluding hydrogens is 212 g/mol. The van der Waals surface area contributed by atoms with E-state index in [0.717, 1.165) is 31.7 Å². The summed E-state index contributed by atoms with van der Waals surface area (Å²) < 4.78 is 5.41. The van der Waals surface area contributed by atoms with E-state index >= 15 is 0 Å². The molecule has 1 rings (SSSR count). The summed E-state index contributed by atoms with van der Waals surface area (Å²) >= 11 is 0. The van der Waals surface area contributed by atoms with Crippen LogP contribution in [0.4, 0.5) is 5.69 Å². The molecule has 0 aromatic heterocycles. The number of aryl methyl sites for hydroxylation is 1. The third-order valence-electron chi connectivity index (χ3n) is 3.18. The van der Waals surface area contributed by atoms with Gasteiger partial charge in [-0.15, -0.1) is 0 Å². The van der Waals surface area contributed by atoms with Crippen molar-refractivity contribution in [3.63, 3.8) is 0 Å². The average molecular weight is 236 g/mol. The Morgan fingerprint density at radius 2 is 1.88 bits per heavy atom. The zero-order valence-electron chi connectivity index (χ0n) is 11.4. The van der Waals surface area contributed by atoms with Crippen molar-refractivity contribution in [2.24, 2.45) is 5.73 Å². The smallest absolute Gasteiger partial charge is 0.125 e. The lowest BCUT2D eigenvalue weighted by Gasteiger charge is -2.16. The summed E-state index contributed by atoms with van der Waals surface area (Å²) in [6.45, 7) is 8.05. The maximum atomic E-state index is 5.48. The highest BCUT2D eigenvalue weighted by Gasteiger charge is 2.09. The van der Waals surface area contributed by atoms with Gasteiger partial charge in [-0.2, -0.15) is 0 Å². The number of ether oxygens (including phenoxy) is 1. The fraction of sp³-hybridized carbons (Fsp3) is 0.571. The number of hydrogen-bond acceptors (Lipinski definition) is 3. The van der Waals surface area contributed by atoms with Crippen LogP contribution in [0.25, 0.3) is 0 Å². The Labute approximate surface area is 104 Å². The van der Waals surface area contributed by atoms with E-state index in [4.69, 9.17) is 10.5 Å². The van der Waals surface area contributed by atoms with Crippen molar-refractivity contribution >= 4 is 5.69 Å². The Kier molecular flexibility index (Phi) is 5.29. The Bertz CT molecular complexity index is 375. The second kappa shape index (κ2) is 6.50. The van der Waals surface area contributed by atoms with Crippen molar-refractivity contribution in [2.45, 2.75) is 33.6 Å². The summed E-state index contributed by atoms with van der Waals surface area (Å²) in [4.78, 5) is 0. The van der Waals surface area contributed by atoms with E-state index in [1.165, 1.54) is 22.4 Å². The number of rotatable bonds is 6.